The van der Waals surface area contributed by atoms with Crippen LogP contribution in [0.25, 0.3) is 0 Å². The van der Waals surface area contributed by atoms with Crippen molar-refractivity contribution in [2.24, 2.45) is 0 Å². The summed E-state index contributed by atoms with van der Waals surface area (Å²) in [7, 11) is 1.93. The zero-order chi connectivity index (χ0) is 10.7. The van der Waals surface area contributed by atoms with Gasteiger partial charge < -0.3 is 10.2 Å². The molecule has 1 unspecified atom stereocenters. The molecule has 1 amide bonds. The average molecular weight is 207 g/mol. The minimum absolute atomic E-state index is 0.129. The summed E-state index contributed by atoms with van der Waals surface area (Å²) >= 11 is 0. The molecule has 1 aliphatic rings. The van der Waals surface area contributed by atoms with Gasteiger partial charge >= 0.3 is 0 Å². The quantitative estimate of drug-likeness (QED) is 0.727. The molecule has 1 aromatic heterocycles. The largest absolute Gasteiger partial charge is 0.339 e. The molecule has 0 bridgehead atoms. The Morgan fingerprint density at radius 2 is 2.60 bits per heavy atom. The second kappa shape index (κ2) is 4.44. The fourth-order valence-electron chi connectivity index (χ4n) is 1.81. The minimum atomic E-state index is 0.129. The summed E-state index contributed by atoms with van der Waals surface area (Å²) in [5.74, 6) is 0.129. The van der Waals surface area contributed by atoms with Gasteiger partial charge in [-0.2, -0.15) is 5.10 Å². The molecule has 0 aromatic carbocycles. The van der Waals surface area contributed by atoms with Crippen molar-refractivity contribution >= 4 is 5.91 Å². The third kappa shape index (κ3) is 2.36. The van der Waals surface area contributed by atoms with E-state index >= 15 is 0 Å². The maximum atomic E-state index is 11.8. The summed E-state index contributed by atoms with van der Waals surface area (Å²) in [6.45, 7) is 1.97. The molecule has 15 heavy (non-hydrogen) atoms. The van der Waals surface area contributed by atoms with E-state index in [0.29, 0.717) is 12.6 Å². The lowest BCUT2D eigenvalue weighted by atomic mass is 10.3. The predicted molar refractivity (Wildman–Crippen MR) is 55.1 cm³/mol. The molecule has 2 rings (SSSR count). The number of likely N-dealkylation sites (tertiary alicyclic amines) is 1. The number of carbonyl (C=O) groups excluding carboxylic acids is 1. The number of carbonyl (C=O) groups is 1. The Bertz CT molecular complexity index is 322. The zero-order valence-electron chi connectivity index (χ0n) is 8.81. The smallest absolute Gasteiger partial charge is 0.244 e. The van der Waals surface area contributed by atoms with E-state index in [1.807, 2.05) is 11.9 Å². The van der Waals surface area contributed by atoms with Crippen LogP contribution >= 0.6 is 0 Å². The average Bonchev–Trinajstić information content (AvgIpc) is 2.86. The zero-order valence-corrected chi connectivity index (χ0v) is 8.81. The number of nitrogens with zero attached hydrogens (tertiary/aromatic N) is 3. The van der Waals surface area contributed by atoms with Crippen LogP contribution in [0.5, 0.6) is 0 Å². The van der Waals surface area contributed by atoms with Crippen molar-refractivity contribution in [2.45, 2.75) is 19.0 Å². The van der Waals surface area contributed by atoms with E-state index in [1.165, 1.54) is 0 Å². The van der Waals surface area contributed by atoms with E-state index in [-0.39, 0.29) is 5.91 Å². The highest BCUT2D eigenvalue weighted by Crippen LogP contribution is 2.09. The number of rotatable bonds is 3. The van der Waals surface area contributed by atoms with Gasteiger partial charge in [0.2, 0.25) is 5.91 Å². The third-order valence-electron chi connectivity index (χ3n) is 2.75. The summed E-state index contributed by atoms with van der Waals surface area (Å²) in [6.07, 6.45) is 4.28. The standard InChI is InChI=1S/C10H15N4O/c1-11-9-3-6-13(7-9)10(15)8-14-5-2-4-12-14/h4-5,9,11H,3,6-8H2,1H3. The molecule has 1 aromatic rings. The molecule has 1 fully saturated rings. The highest BCUT2D eigenvalue weighted by molar-refractivity contribution is 5.76. The molecule has 1 atom stereocenters. The molecule has 0 spiro atoms. The monoisotopic (exact) mass is 207 g/mol. The topological polar surface area (TPSA) is 50.2 Å². The first kappa shape index (κ1) is 10.2. The van der Waals surface area contributed by atoms with Crippen LogP contribution in [0.4, 0.5) is 0 Å². The molecular weight excluding hydrogens is 192 g/mol. The fraction of sp³-hybridized carbons (Fsp3) is 0.600. The fourth-order valence-corrected chi connectivity index (χ4v) is 1.81. The van der Waals surface area contributed by atoms with Crippen molar-refractivity contribution in [1.29, 1.82) is 0 Å². The number of likely N-dealkylation sites (N-methyl/N-ethyl adjacent to an activating group) is 1. The first-order chi connectivity index (χ1) is 7.29. The van der Waals surface area contributed by atoms with Crippen LogP contribution in [-0.2, 0) is 11.3 Å². The van der Waals surface area contributed by atoms with Crippen molar-refractivity contribution in [2.75, 3.05) is 20.1 Å². The Balaban J connectivity index is 1.87. The molecule has 0 saturated carbocycles. The van der Waals surface area contributed by atoms with Crippen molar-refractivity contribution in [3.05, 3.63) is 18.5 Å². The number of nitrogens with one attached hydrogen (secondary N) is 1. The van der Waals surface area contributed by atoms with Gasteiger partial charge in [-0.15, -0.1) is 0 Å². The molecule has 1 N–H and O–H groups in total. The van der Waals surface area contributed by atoms with Crippen LogP contribution in [0.1, 0.15) is 6.42 Å². The van der Waals surface area contributed by atoms with Crippen molar-refractivity contribution in [3.63, 3.8) is 0 Å². The maximum absolute atomic E-state index is 11.8. The van der Waals surface area contributed by atoms with Gasteiger partial charge in [0.1, 0.15) is 6.54 Å². The second-order valence-corrected chi connectivity index (χ2v) is 3.75. The third-order valence-corrected chi connectivity index (χ3v) is 2.75. The van der Waals surface area contributed by atoms with Crippen molar-refractivity contribution < 1.29 is 4.79 Å². The molecule has 1 radical (unpaired) electrons. The predicted octanol–water partition coefficient (Wildman–Crippen LogP) is -0.496. The van der Waals surface area contributed by atoms with Crippen LogP contribution < -0.4 is 5.32 Å². The van der Waals surface area contributed by atoms with Gasteiger partial charge in [0.15, 0.2) is 0 Å². The van der Waals surface area contributed by atoms with Crippen LogP contribution in [0, 0.1) is 6.07 Å². The van der Waals surface area contributed by atoms with Gasteiger partial charge in [0.05, 0.1) is 6.20 Å². The molecule has 81 valence electrons. The number of hydrogen-bond acceptors (Lipinski definition) is 3. The maximum Gasteiger partial charge on any atom is 0.244 e. The van der Waals surface area contributed by atoms with Crippen LogP contribution in [-0.4, -0.2) is 46.8 Å². The van der Waals surface area contributed by atoms with Crippen molar-refractivity contribution in [3.8, 4) is 0 Å². The lowest BCUT2D eigenvalue weighted by molar-refractivity contribution is -0.131. The molecule has 1 aliphatic heterocycles. The lowest BCUT2D eigenvalue weighted by Gasteiger charge is -2.16. The van der Waals surface area contributed by atoms with Crippen LogP contribution in [0.2, 0.25) is 0 Å². The number of amides is 1. The molecule has 0 aliphatic carbocycles. The Labute approximate surface area is 89.1 Å². The van der Waals surface area contributed by atoms with E-state index in [4.69, 9.17) is 0 Å². The first-order valence-corrected chi connectivity index (χ1v) is 5.13. The molecule has 5 nitrogen and oxygen atoms in total. The van der Waals surface area contributed by atoms with E-state index in [0.717, 1.165) is 19.5 Å². The van der Waals surface area contributed by atoms with Gasteiger partial charge in [0.25, 0.3) is 0 Å². The van der Waals surface area contributed by atoms with E-state index in [2.05, 4.69) is 16.5 Å². The highest BCUT2D eigenvalue weighted by atomic mass is 16.2. The van der Waals surface area contributed by atoms with E-state index in [1.54, 1.807) is 17.1 Å². The van der Waals surface area contributed by atoms with Gasteiger partial charge in [0, 0.05) is 31.4 Å². The van der Waals surface area contributed by atoms with Gasteiger partial charge in [-0.1, -0.05) is 0 Å². The van der Waals surface area contributed by atoms with Gasteiger partial charge in [-0.05, 0) is 13.5 Å². The molecule has 1 saturated heterocycles. The lowest BCUT2D eigenvalue weighted by Crippen LogP contribution is -2.35. The summed E-state index contributed by atoms with van der Waals surface area (Å²) < 4.78 is 1.61. The van der Waals surface area contributed by atoms with Crippen LogP contribution in [0.3, 0.4) is 0 Å². The van der Waals surface area contributed by atoms with E-state index < -0.39 is 0 Å². The minimum Gasteiger partial charge on any atom is -0.339 e. The SMILES string of the molecule is CNC1CCN(C(=O)Cn2c[c]cn2)C1. The van der Waals surface area contributed by atoms with Crippen LogP contribution in [0.15, 0.2) is 12.4 Å². The molecular formula is C10H15N4O. The normalized spacial score (nSPS) is 20.9. The molecule has 5 heteroatoms. The van der Waals surface area contributed by atoms with Gasteiger partial charge in [-0.3, -0.25) is 9.48 Å². The Hall–Kier alpha value is -1.36. The second-order valence-electron chi connectivity index (χ2n) is 3.75. The van der Waals surface area contributed by atoms with Crippen molar-refractivity contribution in [1.82, 2.24) is 20.0 Å². The Kier molecular flexibility index (Phi) is 3.01. The Morgan fingerprint density at radius 1 is 1.73 bits per heavy atom. The molecule has 2 heterocycles. The summed E-state index contributed by atoms with van der Waals surface area (Å²) in [4.78, 5) is 13.7. The van der Waals surface area contributed by atoms with E-state index in [9.17, 15) is 4.79 Å². The van der Waals surface area contributed by atoms with Gasteiger partial charge in [-0.25, -0.2) is 0 Å². The summed E-state index contributed by atoms with van der Waals surface area (Å²) in [5.41, 5.74) is 0. The highest BCUT2D eigenvalue weighted by Gasteiger charge is 2.24. The Morgan fingerprint density at radius 3 is 3.20 bits per heavy atom. The number of aromatic nitrogens is 2. The number of hydrogen-bond donors (Lipinski definition) is 1. The summed E-state index contributed by atoms with van der Waals surface area (Å²) in [5, 5.41) is 7.15. The first-order valence-electron chi connectivity index (χ1n) is 5.13. The summed E-state index contributed by atoms with van der Waals surface area (Å²) in [6, 6.07) is 3.26.